The number of hydrogen-bond acceptors (Lipinski definition) is 10. The second-order valence-electron chi connectivity index (χ2n) is 10.4. The zero-order valence-corrected chi connectivity index (χ0v) is 25.3. The molecule has 4 aromatic rings. The van der Waals surface area contributed by atoms with Gasteiger partial charge in [0.1, 0.15) is 17.8 Å². The van der Waals surface area contributed by atoms with Gasteiger partial charge in [-0.1, -0.05) is 39.0 Å². The van der Waals surface area contributed by atoms with Crippen molar-refractivity contribution >= 4 is 27.7 Å². The molecule has 0 atom stereocenters. The molecule has 2 amide bonds. The molecule has 230 valence electrons. The van der Waals surface area contributed by atoms with E-state index in [4.69, 9.17) is 14.2 Å². The Balaban J connectivity index is 1.52. The molecule has 0 unspecified atom stereocenters. The highest BCUT2D eigenvalue weighted by molar-refractivity contribution is 7.92. The minimum atomic E-state index is -4.10. The maximum Gasteiger partial charge on any atom is 0.269 e. The van der Waals surface area contributed by atoms with Crippen LogP contribution in [0.4, 0.5) is 5.82 Å². The number of sulfonamides is 1. The van der Waals surface area contributed by atoms with E-state index >= 15 is 0 Å². The molecule has 3 N–H and O–H groups in total. The molecule has 0 aliphatic heterocycles. The van der Waals surface area contributed by atoms with E-state index in [-0.39, 0.29) is 46.5 Å². The molecule has 14 heteroatoms. The molecule has 13 nitrogen and oxygen atoms in total. The molecular weight excluding hydrogens is 588 g/mol. The van der Waals surface area contributed by atoms with E-state index < -0.39 is 21.8 Å². The second kappa shape index (κ2) is 13.8. The van der Waals surface area contributed by atoms with Crippen molar-refractivity contribution in [2.75, 3.05) is 18.4 Å². The van der Waals surface area contributed by atoms with Gasteiger partial charge in [-0.15, -0.1) is 0 Å². The molecule has 2 aromatic heterocycles. The number of hydrogen-bond donors (Lipinski definition) is 3. The monoisotopic (exact) mass is 620 g/mol. The number of anilines is 1. The number of methoxy groups -OCH3 is 1. The standard InChI is InChI=1S/C30H32N6O7S/c1-30(2,3)21-8-10-24(11-9-21)44(39,40)36-27-26(43-23-7-5-6-22(18-23)41-4)29(33-19-32-27)42-17-14-25(37)34-35-28(38)20-12-15-31-16-13-20/h5-13,15-16,18-19H,14,17H2,1-4H3,(H,34,37)(H,35,38)(H,32,33,36). The third-order valence-electron chi connectivity index (χ3n) is 6.12. The van der Waals surface area contributed by atoms with Crippen LogP contribution in [-0.4, -0.2) is 48.9 Å². The summed E-state index contributed by atoms with van der Waals surface area (Å²) in [5, 5.41) is 0. The maximum absolute atomic E-state index is 13.3. The van der Waals surface area contributed by atoms with Crippen molar-refractivity contribution in [2.45, 2.75) is 37.5 Å². The van der Waals surface area contributed by atoms with E-state index in [9.17, 15) is 18.0 Å². The zero-order chi connectivity index (χ0) is 31.7. The molecule has 2 heterocycles. The highest BCUT2D eigenvalue weighted by Crippen LogP contribution is 2.37. The predicted octanol–water partition coefficient (Wildman–Crippen LogP) is 4.00. The van der Waals surface area contributed by atoms with Crippen LogP contribution in [0.25, 0.3) is 0 Å². The Hall–Kier alpha value is -5.24. The van der Waals surface area contributed by atoms with Crippen molar-refractivity contribution in [1.29, 1.82) is 0 Å². The third-order valence-corrected chi connectivity index (χ3v) is 7.47. The number of carbonyl (C=O) groups is 2. The fraction of sp³-hybridized carbons (Fsp3) is 0.233. The average molecular weight is 621 g/mol. The predicted molar refractivity (Wildman–Crippen MR) is 161 cm³/mol. The largest absolute Gasteiger partial charge is 0.497 e. The normalized spacial score (nSPS) is 11.3. The number of rotatable bonds is 11. The molecule has 0 radical (unpaired) electrons. The number of aromatic nitrogens is 3. The molecule has 0 spiro atoms. The van der Waals surface area contributed by atoms with Gasteiger partial charge in [-0.3, -0.25) is 30.1 Å². The fourth-order valence-electron chi connectivity index (χ4n) is 3.73. The van der Waals surface area contributed by atoms with Crippen molar-refractivity contribution < 1.29 is 32.2 Å². The number of nitrogens with one attached hydrogen (secondary N) is 3. The Morgan fingerprint density at radius 1 is 0.909 bits per heavy atom. The van der Waals surface area contributed by atoms with Crippen molar-refractivity contribution in [1.82, 2.24) is 25.8 Å². The molecule has 0 bridgehead atoms. The van der Waals surface area contributed by atoms with Crippen LogP contribution in [0, 0.1) is 0 Å². The van der Waals surface area contributed by atoms with Gasteiger partial charge >= 0.3 is 0 Å². The maximum atomic E-state index is 13.3. The first kappa shape index (κ1) is 31.7. The first-order valence-corrected chi connectivity index (χ1v) is 14.9. The number of hydrazine groups is 1. The summed E-state index contributed by atoms with van der Waals surface area (Å²) in [6.45, 7) is 5.90. The van der Waals surface area contributed by atoms with Gasteiger partial charge < -0.3 is 14.2 Å². The molecule has 44 heavy (non-hydrogen) atoms. The third kappa shape index (κ3) is 8.41. The summed E-state index contributed by atoms with van der Waals surface area (Å²) in [5.41, 5.74) is 5.73. The fourth-order valence-corrected chi connectivity index (χ4v) is 4.74. The number of ether oxygens (including phenoxy) is 3. The van der Waals surface area contributed by atoms with Crippen LogP contribution in [0.1, 0.15) is 43.1 Å². The second-order valence-corrected chi connectivity index (χ2v) is 12.0. The SMILES string of the molecule is COc1cccc(Oc2c(NS(=O)(=O)c3ccc(C(C)(C)C)cc3)ncnc2OCCC(=O)NNC(=O)c2ccncc2)c1. The summed E-state index contributed by atoms with van der Waals surface area (Å²) >= 11 is 0. The van der Waals surface area contributed by atoms with Gasteiger partial charge in [-0.05, 0) is 47.4 Å². The zero-order valence-electron chi connectivity index (χ0n) is 24.5. The number of pyridine rings is 1. The summed E-state index contributed by atoms with van der Waals surface area (Å²) in [4.78, 5) is 36.5. The van der Waals surface area contributed by atoms with Crippen LogP contribution < -0.4 is 29.8 Å². The van der Waals surface area contributed by atoms with Gasteiger partial charge in [0, 0.05) is 24.0 Å². The lowest BCUT2D eigenvalue weighted by molar-refractivity contribution is -0.122. The lowest BCUT2D eigenvalue weighted by Crippen LogP contribution is -2.42. The van der Waals surface area contributed by atoms with E-state index in [0.29, 0.717) is 11.3 Å². The van der Waals surface area contributed by atoms with Crippen molar-refractivity contribution in [3.05, 3.63) is 90.5 Å². The minimum Gasteiger partial charge on any atom is -0.497 e. The summed E-state index contributed by atoms with van der Waals surface area (Å²) in [7, 11) is -2.61. The van der Waals surface area contributed by atoms with E-state index in [1.54, 1.807) is 36.4 Å². The van der Waals surface area contributed by atoms with Gasteiger partial charge in [-0.25, -0.2) is 13.4 Å². The number of amides is 2. The van der Waals surface area contributed by atoms with Crippen LogP contribution in [0.15, 0.2) is 84.3 Å². The highest BCUT2D eigenvalue weighted by atomic mass is 32.2. The van der Waals surface area contributed by atoms with E-state index in [1.165, 1.54) is 43.8 Å². The van der Waals surface area contributed by atoms with Gasteiger partial charge in [0.05, 0.1) is 25.0 Å². The minimum absolute atomic E-state index is 0.0180. The Morgan fingerprint density at radius 3 is 2.30 bits per heavy atom. The smallest absolute Gasteiger partial charge is 0.269 e. The van der Waals surface area contributed by atoms with Crippen LogP contribution in [0.2, 0.25) is 0 Å². The van der Waals surface area contributed by atoms with E-state index in [1.807, 2.05) is 20.8 Å². The summed E-state index contributed by atoms with van der Waals surface area (Å²) in [6.07, 6.45) is 3.83. The quantitative estimate of drug-likeness (QED) is 0.208. The van der Waals surface area contributed by atoms with Crippen LogP contribution in [-0.2, 0) is 20.2 Å². The lowest BCUT2D eigenvalue weighted by atomic mass is 9.87. The van der Waals surface area contributed by atoms with Crippen molar-refractivity contribution in [2.24, 2.45) is 0 Å². The molecular formula is C30H32N6O7S. The molecule has 0 aliphatic carbocycles. The van der Waals surface area contributed by atoms with Crippen molar-refractivity contribution in [3.63, 3.8) is 0 Å². The Labute approximate surface area is 255 Å². The van der Waals surface area contributed by atoms with E-state index in [0.717, 1.165) is 11.9 Å². The van der Waals surface area contributed by atoms with Crippen LogP contribution >= 0.6 is 0 Å². The van der Waals surface area contributed by atoms with Gasteiger partial charge in [-0.2, -0.15) is 4.98 Å². The first-order chi connectivity index (χ1) is 21.0. The summed E-state index contributed by atoms with van der Waals surface area (Å²) in [5.74, 6) is -0.734. The molecule has 2 aromatic carbocycles. The number of nitrogens with zero attached hydrogens (tertiary/aromatic N) is 3. The Bertz CT molecular complexity index is 1710. The van der Waals surface area contributed by atoms with Crippen LogP contribution in [0.5, 0.6) is 23.1 Å². The average Bonchev–Trinajstić information content (AvgIpc) is 3.01. The highest BCUT2D eigenvalue weighted by Gasteiger charge is 2.23. The van der Waals surface area contributed by atoms with Crippen molar-refractivity contribution in [3.8, 4) is 23.1 Å². The molecule has 0 saturated carbocycles. The topological polar surface area (TPSA) is 171 Å². The van der Waals surface area contributed by atoms with Crippen LogP contribution in [0.3, 0.4) is 0 Å². The molecule has 0 fully saturated rings. The lowest BCUT2D eigenvalue weighted by Gasteiger charge is -2.19. The number of benzene rings is 2. The Kier molecular flexibility index (Phi) is 9.95. The molecule has 0 aliphatic rings. The van der Waals surface area contributed by atoms with Gasteiger partial charge in [0.25, 0.3) is 21.8 Å². The number of carbonyl (C=O) groups excluding carboxylic acids is 2. The summed E-state index contributed by atoms with van der Waals surface area (Å²) < 4.78 is 46.1. The van der Waals surface area contributed by atoms with Gasteiger partial charge in [0.2, 0.25) is 11.7 Å². The van der Waals surface area contributed by atoms with Gasteiger partial charge in [0.15, 0.2) is 5.82 Å². The van der Waals surface area contributed by atoms with E-state index in [2.05, 4.69) is 30.5 Å². The molecule has 4 rings (SSSR count). The molecule has 0 saturated heterocycles. The first-order valence-electron chi connectivity index (χ1n) is 13.4. The summed E-state index contributed by atoms with van der Waals surface area (Å²) in [6, 6.07) is 16.1. The Morgan fingerprint density at radius 2 is 1.61 bits per heavy atom.